The van der Waals surface area contributed by atoms with Gasteiger partial charge in [0.15, 0.2) is 0 Å². The highest BCUT2D eigenvalue weighted by Gasteiger charge is 2.25. The zero-order valence-electron chi connectivity index (χ0n) is 11.0. The normalized spacial score (nSPS) is 12.8. The zero-order valence-corrected chi connectivity index (χ0v) is 11.0. The Balaban J connectivity index is 3.17. The molecular weight excluding hydrogens is 214 g/mol. The summed E-state index contributed by atoms with van der Waals surface area (Å²) in [5.41, 5.74) is 3.09. The topological polar surface area (TPSA) is 40.5 Å². The van der Waals surface area contributed by atoms with Crippen molar-refractivity contribution in [3.63, 3.8) is 0 Å². The van der Waals surface area contributed by atoms with E-state index in [-0.39, 0.29) is 0 Å². The molecule has 0 heterocycles. The van der Waals surface area contributed by atoms with Crippen molar-refractivity contribution < 1.29 is 9.90 Å². The molecule has 1 rings (SSSR count). The number of carbonyl (C=O) groups is 1. The molecule has 0 saturated carbocycles. The van der Waals surface area contributed by atoms with Crippen LogP contribution in [0.5, 0.6) is 0 Å². The first-order valence-corrected chi connectivity index (χ1v) is 6.04. The van der Waals surface area contributed by atoms with Crippen molar-refractivity contribution in [3.8, 4) is 0 Å². The van der Waals surface area contributed by atoms with E-state index in [1.165, 1.54) is 0 Å². The van der Waals surface area contributed by atoms with Crippen LogP contribution in [0.4, 0.5) is 0 Å². The fraction of sp³-hybridized carbons (Fsp3) is 0.500. The molecule has 1 aromatic carbocycles. The van der Waals surface area contributed by atoms with Crippen LogP contribution in [0.15, 0.2) is 18.2 Å². The number of hydrogen-bond acceptors (Lipinski definition) is 2. The molecule has 0 fully saturated rings. The molecular formula is C14H21NO2. The Bertz CT molecular complexity index is 377. The second-order valence-electron chi connectivity index (χ2n) is 4.38. The maximum Gasteiger partial charge on any atom is 0.325 e. The summed E-state index contributed by atoms with van der Waals surface area (Å²) in [7, 11) is 0. The summed E-state index contributed by atoms with van der Waals surface area (Å²) in [5, 5.41) is 9.40. The molecule has 1 atom stereocenters. The monoisotopic (exact) mass is 235 g/mol. The molecule has 0 aliphatic heterocycles. The Kier molecular flexibility index (Phi) is 4.70. The van der Waals surface area contributed by atoms with Crippen molar-refractivity contribution in [3.05, 3.63) is 34.9 Å². The number of rotatable bonds is 5. The minimum absolute atomic E-state index is 0.538. The number of benzene rings is 1. The van der Waals surface area contributed by atoms with Gasteiger partial charge in [0.25, 0.3) is 0 Å². The molecule has 0 radical (unpaired) electrons. The maximum atomic E-state index is 11.4. The lowest BCUT2D eigenvalue weighted by Gasteiger charge is -2.27. The molecule has 1 aromatic rings. The Labute approximate surface area is 103 Å². The van der Waals surface area contributed by atoms with Crippen LogP contribution in [-0.4, -0.2) is 29.1 Å². The van der Waals surface area contributed by atoms with Gasteiger partial charge in [-0.2, -0.15) is 0 Å². The van der Waals surface area contributed by atoms with E-state index in [0.717, 1.165) is 29.8 Å². The molecule has 0 spiro atoms. The summed E-state index contributed by atoms with van der Waals surface area (Å²) < 4.78 is 0. The Morgan fingerprint density at radius 2 is 1.65 bits per heavy atom. The van der Waals surface area contributed by atoms with Gasteiger partial charge in [-0.1, -0.05) is 43.2 Å². The van der Waals surface area contributed by atoms with Gasteiger partial charge < -0.3 is 5.11 Å². The van der Waals surface area contributed by atoms with Gasteiger partial charge in [0, 0.05) is 0 Å². The van der Waals surface area contributed by atoms with Gasteiger partial charge in [0.05, 0.1) is 0 Å². The molecule has 17 heavy (non-hydrogen) atoms. The first-order valence-electron chi connectivity index (χ1n) is 6.04. The molecule has 0 amide bonds. The highest BCUT2D eigenvalue weighted by atomic mass is 16.4. The molecule has 0 saturated heterocycles. The number of aliphatic carboxylic acids is 1. The fourth-order valence-corrected chi connectivity index (χ4v) is 2.27. The van der Waals surface area contributed by atoms with E-state index in [0.29, 0.717) is 0 Å². The minimum Gasteiger partial charge on any atom is -0.480 e. The van der Waals surface area contributed by atoms with Crippen LogP contribution in [-0.2, 0) is 4.79 Å². The van der Waals surface area contributed by atoms with Crippen molar-refractivity contribution in [2.45, 2.75) is 33.7 Å². The van der Waals surface area contributed by atoms with Crippen molar-refractivity contribution in [2.75, 3.05) is 13.1 Å². The van der Waals surface area contributed by atoms with Gasteiger partial charge in [-0.05, 0) is 32.5 Å². The van der Waals surface area contributed by atoms with Crippen LogP contribution in [0.2, 0.25) is 0 Å². The van der Waals surface area contributed by atoms with Crippen LogP contribution in [0.3, 0.4) is 0 Å². The number of carboxylic acids is 1. The number of hydrogen-bond donors (Lipinski definition) is 1. The van der Waals surface area contributed by atoms with Crippen molar-refractivity contribution >= 4 is 5.97 Å². The second-order valence-corrected chi connectivity index (χ2v) is 4.38. The largest absolute Gasteiger partial charge is 0.480 e. The Morgan fingerprint density at radius 3 is 2.00 bits per heavy atom. The van der Waals surface area contributed by atoms with Crippen LogP contribution in [0.25, 0.3) is 0 Å². The summed E-state index contributed by atoms with van der Waals surface area (Å²) >= 11 is 0. The first-order chi connectivity index (χ1) is 7.99. The first kappa shape index (κ1) is 13.7. The SMILES string of the molecule is CCN(CC)C(C(=O)O)c1cc(C)cc(C)c1. The molecule has 1 N–H and O–H groups in total. The summed E-state index contributed by atoms with van der Waals surface area (Å²) in [6, 6.07) is 5.45. The highest BCUT2D eigenvalue weighted by Crippen LogP contribution is 2.23. The molecule has 0 bridgehead atoms. The molecule has 3 heteroatoms. The second kappa shape index (κ2) is 5.82. The van der Waals surface area contributed by atoms with Gasteiger partial charge in [-0.15, -0.1) is 0 Å². The van der Waals surface area contributed by atoms with Crippen LogP contribution in [0.1, 0.15) is 36.6 Å². The Morgan fingerprint density at radius 1 is 1.18 bits per heavy atom. The zero-order chi connectivity index (χ0) is 13.0. The molecule has 1 unspecified atom stereocenters. The number of carboxylic acid groups (broad SMARTS) is 1. The third kappa shape index (κ3) is 3.30. The van der Waals surface area contributed by atoms with Gasteiger partial charge in [0.1, 0.15) is 6.04 Å². The van der Waals surface area contributed by atoms with Crippen molar-refractivity contribution in [1.29, 1.82) is 0 Å². The van der Waals surface area contributed by atoms with Crippen LogP contribution < -0.4 is 0 Å². The Hall–Kier alpha value is -1.35. The third-order valence-electron chi connectivity index (χ3n) is 2.97. The van der Waals surface area contributed by atoms with E-state index in [2.05, 4.69) is 6.07 Å². The van der Waals surface area contributed by atoms with Crippen molar-refractivity contribution in [1.82, 2.24) is 4.90 Å². The quantitative estimate of drug-likeness (QED) is 0.853. The van der Waals surface area contributed by atoms with Crippen molar-refractivity contribution in [2.24, 2.45) is 0 Å². The summed E-state index contributed by atoms with van der Waals surface area (Å²) in [5.74, 6) is -0.779. The van der Waals surface area contributed by atoms with E-state index in [9.17, 15) is 9.90 Å². The lowest BCUT2D eigenvalue weighted by molar-refractivity contribution is -0.143. The average Bonchev–Trinajstić information content (AvgIpc) is 2.23. The lowest BCUT2D eigenvalue weighted by Crippen LogP contribution is -2.33. The summed E-state index contributed by atoms with van der Waals surface area (Å²) in [4.78, 5) is 13.4. The predicted molar refractivity (Wildman–Crippen MR) is 69.2 cm³/mol. The molecule has 0 aliphatic rings. The van der Waals surface area contributed by atoms with Gasteiger partial charge in [-0.25, -0.2) is 0 Å². The van der Waals surface area contributed by atoms with E-state index < -0.39 is 12.0 Å². The number of likely N-dealkylation sites (N-methyl/N-ethyl adjacent to an activating group) is 1. The van der Waals surface area contributed by atoms with E-state index in [4.69, 9.17) is 0 Å². The summed E-state index contributed by atoms with van der Waals surface area (Å²) in [6.45, 7) is 9.44. The highest BCUT2D eigenvalue weighted by molar-refractivity contribution is 5.75. The predicted octanol–water partition coefficient (Wildman–Crippen LogP) is 2.77. The lowest BCUT2D eigenvalue weighted by atomic mass is 10.00. The maximum absolute atomic E-state index is 11.4. The van der Waals surface area contributed by atoms with Gasteiger partial charge in [-0.3, -0.25) is 9.69 Å². The standard InChI is InChI=1S/C14H21NO2/c1-5-15(6-2)13(14(16)17)12-8-10(3)7-11(4)9-12/h7-9,13H,5-6H2,1-4H3,(H,16,17). The average molecular weight is 235 g/mol. The molecule has 0 aromatic heterocycles. The fourth-order valence-electron chi connectivity index (χ4n) is 2.27. The van der Waals surface area contributed by atoms with Gasteiger partial charge in [0.2, 0.25) is 0 Å². The number of aryl methyl sites for hydroxylation is 2. The molecule has 3 nitrogen and oxygen atoms in total. The van der Waals surface area contributed by atoms with Gasteiger partial charge >= 0.3 is 5.97 Å². The van der Waals surface area contributed by atoms with Crippen LogP contribution >= 0.6 is 0 Å². The van der Waals surface area contributed by atoms with E-state index in [1.807, 2.05) is 44.7 Å². The molecule has 0 aliphatic carbocycles. The summed E-state index contributed by atoms with van der Waals surface area (Å²) in [6.07, 6.45) is 0. The number of nitrogens with zero attached hydrogens (tertiary/aromatic N) is 1. The van der Waals surface area contributed by atoms with E-state index >= 15 is 0 Å². The minimum atomic E-state index is -0.779. The smallest absolute Gasteiger partial charge is 0.325 e. The molecule has 94 valence electrons. The van der Waals surface area contributed by atoms with E-state index in [1.54, 1.807) is 0 Å². The van der Waals surface area contributed by atoms with Crippen LogP contribution in [0, 0.1) is 13.8 Å². The third-order valence-corrected chi connectivity index (χ3v) is 2.97.